The fraction of sp³-hybridized carbons (Fsp3) is 0.227. The Kier molecular flexibility index (Phi) is 6.22. The number of aromatic nitrogens is 2. The second-order valence-corrected chi connectivity index (χ2v) is 7.79. The van der Waals surface area contributed by atoms with Crippen molar-refractivity contribution < 1.29 is 22.8 Å². The van der Waals surface area contributed by atoms with E-state index in [1.807, 2.05) is 37.3 Å². The van der Waals surface area contributed by atoms with E-state index in [0.29, 0.717) is 5.76 Å². The van der Waals surface area contributed by atoms with Gasteiger partial charge in [-0.2, -0.15) is 0 Å². The molecule has 4 rings (SSSR count). The first-order valence-electron chi connectivity index (χ1n) is 9.65. The average Bonchev–Trinajstić information content (AvgIpc) is 3.41. The normalized spacial score (nSPS) is 13.1. The minimum absolute atomic E-state index is 0.0920. The Hall–Kier alpha value is -3.33. The number of rotatable bonds is 8. The summed E-state index contributed by atoms with van der Waals surface area (Å²) >= 11 is 1.11. The predicted octanol–water partition coefficient (Wildman–Crippen LogP) is 5.06. The van der Waals surface area contributed by atoms with Gasteiger partial charge in [-0.05, 0) is 38.1 Å². The molecule has 0 spiro atoms. The van der Waals surface area contributed by atoms with Crippen molar-refractivity contribution in [3.63, 3.8) is 0 Å². The van der Waals surface area contributed by atoms with Gasteiger partial charge >= 0.3 is 0 Å². The summed E-state index contributed by atoms with van der Waals surface area (Å²) < 4.78 is 30.6. The third kappa shape index (κ3) is 5.05. The van der Waals surface area contributed by atoms with E-state index >= 15 is 0 Å². The molecular weight excluding hydrogens is 421 g/mol. The van der Waals surface area contributed by atoms with Gasteiger partial charge in [0.25, 0.3) is 11.1 Å². The molecule has 0 aliphatic rings. The van der Waals surface area contributed by atoms with Crippen molar-refractivity contribution in [3.05, 3.63) is 72.1 Å². The minimum Gasteiger partial charge on any atom is -0.478 e. The van der Waals surface area contributed by atoms with Gasteiger partial charge in [-0.25, -0.2) is 4.39 Å². The standard InChI is InChI=1S/C22H20FN3O4S/c1-13(19-11-15-7-3-5-9-17(15)29-19)24-20(27)12-31-22-26-25-21(30-22)14(2)28-18-10-6-4-8-16(18)23/h3-11,13-14H,12H2,1-2H3,(H,24,27)/t13-,14-/m1/s1. The number of nitrogens with one attached hydrogen (secondary N) is 1. The predicted molar refractivity (Wildman–Crippen MR) is 113 cm³/mol. The highest BCUT2D eigenvalue weighted by atomic mass is 32.2. The quantitative estimate of drug-likeness (QED) is 0.382. The van der Waals surface area contributed by atoms with E-state index in [9.17, 15) is 9.18 Å². The lowest BCUT2D eigenvalue weighted by molar-refractivity contribution is -0.119. The molecule has 9 heteroatoms. The van der Waals surface area contributed by atoms with E-state index in [4.69, 9.17) is 13.6 Å². The number of furan rings is 1. The van der Waals surface area contributed by atoms with Gasteiger partial charge in [0.05, 0.1) is 11.8 Å². The molecule has 0 saturated carbocycles. The number of amides is 1. The van der Waals surface area contributed by atoms with Crippen LogP contribution < -0.4 is 10.1 Å². The number of carbonyl (C=O) groups excluding carboxylic acids is 1. The summed E-state index contributed by atoms with van der Waals surface area (Å²) in [4.78, 5) is 12.3. The highest BCUT2D eigenvalue weighted by molar-refractivity contribution is 7.99. The van der Waals surface area contributed by atoms with Crippen molar-refractivity contribution in [2.75, 3.05) is 5.75 Å². The van der Waals surface area contributed by atoms with Crippen molar-refractivity contribution in [2.45, 2.75) is 31.2 Å². The van der Waals surface area contributed by atoms with Crippen LogP contribution in [0, 0.1) is 5.82 Å². The molecule has 2 atom stereocenters. The fourth-order valence-corrected chi connectivity index (χ4v) is 3.50. The van der Waals surface area contributed by atoms with Crippen molar-refractivity contribution >= 4 is 28.6 Å². The van der Waals surface area contributed by atoms with Crippen LogP contribution in [-0.2, 0) is 4.79 Å². The van der Waals surface area contributed by atoms with E-state index in [1.54, 1.807) is 19.1 Å². The molecule has 0 unspecified atom stereocenters. The molecule has 0 aliphatic carbocycles. The summed E-state index contributed by atoms with van der Waals surface area (Å²) in [7, 11) is 0. The van der Waals surface area contributed by atoms with Crippen molar-refractivity contribution in [1.82, 2.24) is 15.5 Å². The zero-order valence-electron chi connectivity index (χ0n) is 16.9. The summed E-state index contributed by atoms with van der Waals surface area (Å²) in [6.45, 7) is 3.53. The first-order valence-corrected chi connectivity index (χ1v) is 10.6. The Morgan fingerprint density at radius 2 is 1.90 bits per heavy atom. The third-order valence-corrected chi connectivity index (χ3v) is 5.30. The van der Waals surface area contributed by atoms with Gasteiger partial charge in [0.2, 0.25) is 5.91 Å². The maximum Gasteiger partial charge on any atom is 0.277 e. The zero-order chi connectivity index (χ0) is 21.8. The molecule has 0 saturated heterocycles. The molecule has 0 aliphatic heterocycles. The molecule has 2 aromatic heterocycles. The lowest BCUT2D eigenvalue weighted by Crippen LogP contribution is -2.27. The monoisotopic (exact) mass is 441 g/mol. The maximum atomic E-state index is 13.7. The van der Waals surface area contributed by atoms with Crippen LogP contribution in [0.1, 0.15) is 37.6 Å². The first kappa shape index (κ1) is 20.9. The SMILES string of the molecule is C[C@@H](NC(=O)CSc1nnc([C@@H](C)Oc2ccccc2F)o1)c1cc2ccccc2o1. The molecular formula is C22H20FN3O4S. The Morgan fingerprint density at radius 3 is 2.71 bits per heavy atom. The number of thioether (sulfide) groups is 1. The van der Waals surface area contributed by atoms with Crippen LogP contribution in [0.4, 0.5) is 4.39 Å². The summed E-state index contributed by atoms with van der Waals surface area (Å²) in [5, 5.41) is 11.9. The molecule has 4 aromatic rings. The number of ether oxygens (including phenoxy) is 1. The molecule has 31 heavy (non-hydrogen) atoms. The molecule has 2 aromatic carbocycles. The van der Waals surface area contributed by atoms with Crippen LogP contribution in [0.2, 0.25) is 0 Å². The van der Waals surface area contributed by atoms with Crippen molar-refractivity contribution in [1.29, 1.82) is 0 Å². The van der Waals surface area contributed by atoms with Crippen molar-refractivity contribution in [2.24, 2.45) is 0 Å². The zero-order valence-corrected chi connectivity index (χ0v) is 17.7. The van der Waals surface area contributed by atoms with Crippen LogP contribution >= 0.6 is 11.8 Å². The smallest absolute Gasteiger partial charge is 0.277 e. The molecule has 1 amide bonds. The van der Waals surface area contributed by atoms with Gasteiger partial charge in [0.15, 0.2) is 17.7 Å². The average molecular weight is 441 g/mol. The first-order chi connectivity index (χ1) is 15.0. The van der Waals surface area contributed by atoms with Gasteiger partial charge in [0, 0.05) is 5.39 Å². The number of para-hydroxylation sites is 2. The second-order valence-electron chi connectivity index (χ2n) is 6.86. The van der Waals surface area contributed by atoms with Crippen LogP contribution in [0.3, 0.4) is 0 Å². The molecule has 2 heterocycles. The number of hydrogen-bond acceptors (Lipinski definition) is 7. The Bertz CT molecular complexity index is 1160. The lowest BCUT2D eigenvalue weighted by Gasteiger charge is -2.11. The number of hydrogen-bond donors (Lipinski definition) is 1. The summed E-state index contributed by atoms with van der Waals surface area (Å²) in [6.07, 6.45) is -0.638. The number of carbonyl (C=O) groups is 1. The van der Waals surface area contributed by atoms with E-state index < -0.39 is 11.9 Å². The molecule has 0 bridgehead atoms. The number of fused-ring (bicyclic) bond motifs is 1. The molecule has 1 N–H and O–H groups in total. The number of benzene rings is 2. The van der Waals surface area contributed by atoms with Crippen LogP contribution in [0.5, 0.6) is 5.75 Å². The molecule has 160 valence electrons. The van der Waals surface area contributed by atoms with Crippen LogP contribution in [0.25, 0.3) is 11.0 Å². The minimum atomic E-state index is -0.638. The van der Waals surface area contributed by atoms with Gasteiger partial charge in [-0.3, -0.25) is 4.79 Å². The van der Waals surface area contributed by atoms with E-state index in [2.05, 4.69) is 15.5 Å². The lowest BCUT2D eigenvalue weighted by atomic mass is 10.2. The van der Waals surface area contributed by atoms with E-state index in [-0.39, 0.29) is 34.6 Å². The molecule has 0 fully saturated rings. The Balaban J connectivity index is 1.29. The van der Waals surface area contributed by atoms with Gasteiger partial charge in [0.1, 0.15) is 11.3 Å². The molecule has 7 nitrogen and oxygen atoms in total. The van der Waals surface area contributed by atoms with Gasteiger partial charge in [-0.1, -0.05) is 42.1 Å². The van der Waals surface area contributed by atoms with Gasteiger partial charge in [-0.15, -0.1) is 10.2 Å². The summed E-state index contributed by atoms with van der Waals surface area (Å²) in [5.41, 5.74) is 0.776. The van der Waals surface area contributed by atoms with Crippen LogP contribution in [-0.4, -0.2) is 21.9 Å². The number of nitrogens with zero attached hydrogens (tertiary/aromatic N) is 2. The van der Waals surface area contributed by atoms with Crippen molar-refractivity contribution in [3.8, 4) is 5.75 Å². The topological polar surface area (TPSA) is 90.4 Å². The highest BCUT2D eigenvalue weighted by Gasteiger charge is 2.19. The second kappa shape index (κ2) is 9.22. The van der Waals surface area contributed by atoms with E-state index in [0.717, 1.165) is 22.7 Å². The highest BCUT2D eigenvalue weighted by Crippen LogP contribution is 2.26. The number of halogens is 1. The Morgan fingerprint density at radius 1 is 1.13 bits per heavy atom. The largest absolute Gasteiger partial charge is 0.478 e. The fourth-order valence-electron chi connectivity index (χ4n) is 2.92. The van der Waals surface area contributed by atoms with Gasteiger partial charge < -0.3 is 18.9 Å². The Labute approximate surface area is 182 Å². The summed E-state index contributed by atoms with van der Waals surface area (Å²) in [5.74, 6) is 0.392. The third-order valence-electron chi connectivity index (χ3n) is 4.49. The maximum absolute atomic E-state index is 13.7. The van der Waals surface area contributed by atoms with Crippen LogP contribution in [0.15, 0.2) is 68.7 Å². The molecule has 0 radical (unpaired) electrons. The summed E-state index contributed by atoms with van der Waals surface area (Å²) in [6, 6.07) is 15.4. The van der Waals surface area contributed by atoms with E-state index in [1.165, 1.54) is 12.1 Å².